The summed E-state index contributed by atoms with van der Waals surface area (Å²) in [5.41, 5.74) is 8.18. The number of anilines is 1. The molecule has 2 aromatic heterocycles. The van der Waals surface area contributed by atoms with E-state index in [2.05, 4.69) is 21.1 Å². The Hall–Kier alpha value is -3.58. The van der Waals surface area contributed by atoms with Crippen LogP contribution in [0.1, 0.15) is 56.1 Å². The highest BCUT2D eigenvalue weighted by Gasteiger charge is 2.31. The Kier molecular flexibility index (Phi) is 6.00. The summed E-state index contributed by atoms with van der Waals surface area (Å²) in [5, 5.41) is 15.4. The number of benzene rings is 1. The maximum absolute atomic E-state index is 12.8. The zero-order valence-electron chi connectivity index (χ0n) is 19.7. The number of amides is 1. The van der Waals surface area contributed by atoms with Gasteiger partial charge in [-0.1, -0.05) is 11.6 Å². The van der Waals surface area contributed by atoms with Crippen molar-refractivity contribution < 1.29 is 14.3 Å². The Labute approximate surface area is 202 Å². The molecule has 0 radical (unpaired) electrons. The van der Waals surface area contributed by atoms with E-state index in [-0.39, 0.29) is 29.8 Å². The van der Waals surface area contributed by atoms with Crippen LogP contribution in [0.2, 0.25) is 5.02 Å². The molecule has 3 aromatic rings. The van der Waals surface area contributed by atoms with Crippen molar-refractivity contribution in [2.75, 3.05) is 18.9 Å². The minimum atomic E-state index is -0.651. The van der Waals surface area contributed by atoms with Crippen LogP contribution < -0.4 is 10.5 Å². The maximum atomic E-state index is 12.8. The number of aryl methyl sites for hydroxylation is 1. The quantitative estimate of drug-likeness (QED) is 0.578. The number of hydrogen-bond donors (Lipinski definition) is 1. The number of ether oxygens (including phenoxy) is 2. The molecule has 1 aliphatic heterocycles. The molecule has 0 saturated carbocycles. The highest BCUT2D eigenvalue weighted by Crippen LogP contribution is 2.40. The Bertz CT molecular complexity index is 1320. The molecule has 0 spiro atoms. The molecule has 1 aliphatic rings. The number of nitriles is 1. The molecule has 0 bridgehead atoms. The van der Waals surface area contributed by atoms with Gasteiger partial charge in [-0.25, -0.2) is 19.4 Å². The van der Waals surface area contributed by atoms with E-state index in [1.54, 1.807) is 31.5 Å². The predicted molar refractivity (Wildman–Crippen MR) is 127 cm³/mol. The number of hydrogen-bond acceptors (Lipinski definition) is 8. The van der Waals surface area contributed by atoms with Crippen LogP contribution in [0, 0.1) is 18.3 Å². The van der Waals surface area contributed by atoms with Gasteiger partial charge in [-0.2, -0.15) is 10.4 Å². The number of nitrogens with two attached hydrogens (primary N) is 1. The van der Waals surface area contributed by atoms with Crippen LogP contribution in [0.3, 0.4) is 0 Å². The minimum Gasteiger partial charge on any atom is -0.491 e. The van der Waals surface area contributed by atoms with E-state index in [0.717, 1.165) is 0 Å². The third-order valence-electron chi connectivity index (χ3n) is 5.59. The van der Waals surface area contributed by atoms with Crippen LogP contribution in [0.15, 0.2) is 12.4 Å². The van der Waals surface area contributed by atoms with E-state index in [1.165, 1.54) is 11.2 Å². The lowest BCUT2D eigenvalue weighted by Crippen LogP contribution is -2.37. The maximum Gasteiger partial charge on any atom is 0.410 e. The monoisotopic (exact) mass is 483 g/mol. The number of fused-ring (bicyclic) bond motifs is 2. The lowest BCUT2D eigenvalue weighted by Gasteiger charge is -2.26. The van der Waals surface area contributed by atoms with E-state index in [0.29, 0.717) is 46.0 Å². The van der Waals surface area contributed by atoms with Gasteiger partial charge in [-0.3, -0.25) is 0 Å². The molecule has 10 nitrogen and oxygen atoms in total. The van der Waals surface area contributed by atoms with Crippen LogP contribution in [-0.4, -0.2) is 49.5 Å². The zero-order chi connectivity index (χ0) is 24.8. The SMILES string of the molecule is Cc1nn(C(C)c2cc(Cl)c(C#N)c3c2OCCN(C(=O)OC(C)(C)C)C3)c2ncnc(N)c12. The molecule has 1 amide bonds. The first kappa shape index (κ1) is 23.6. The first-order chi connectivity index (χ1) is 16.0. The zero-order valence-corrected chi connectivity index (χ0v) is 20.5. The second-order valence-corrected chi connectivity index (χ2v) is 9.56. The van der Waals surface area contributed by atoms with Crippen molar-refractivity contribution in [3.63, 3.8) is 0 Å². The van der Waals surface area contributed by atoms with Crippen molar-refractivity contribution in [1.82, 2.24) is 24.6 Å². The molecule has 2 N–H and O–H groups in total. The van der Waals surface area contributed by atoms with E-state index >= 15 is 0 Å². The van der Waals surface area contributed by atoms with Crippen LogP contribution in [0.4, 0.5) is 10.6 Å². The average molecular weight is 484 g/mol. The van der Waals surface area contributed by atoms with Crippen molar-refractivity contribution in [3.8, 4) is 11.8 Å². The Balaban J connectivity index is 1.82. The summed E-state index contributed by atoms with van der Waals surface area (Å²) < 4.78 is 13.4. The summed E-state index contributed by atoms with van der Waals surface area (Å²) >= 11 is 6.55. The van der Waals surface area contributed by atoms with Crippen LogP contribution in [0.25, 0.3) is 11.0 Å². The smallest absolute Gasteiger partial charge is 0.410 e. The molecule has 4 rings (SSSR count). The molecule has 0 saturated heterocycles. The van der Waals surface area contributed by atoms with Gasteiger partial charge in [0.1, 0.15) is 36.2 Å². The average Bonchev–Trinajstić information content (AvgIpc) is 2.95. The standard InChI is InChI=1S/C23H26ClN7O3/c1-12-18-20(26)27-11-28-21(18)31(29-12)13(2)14-8-17(24)15(9-25)16-10-30(6-7-33-19(14)16)22(32)34-23(3,4)5/h8,11,13H,6-7,10H2,1-5H3,(H2,26,27,28). The summed E-state index contributed by atoms with van der Waals surface area (Å²) in [6.45, 7) is 9.84. The van der Waals surface area contributed by atoms with Crippen LogP contribution in [-0.2, 0) is 11.3 Å². The number of rotatable bonds is 2. The molecular weight excluding hydrogens is 458 g/mol. The van der Waals surface area contributed by atoms with Crippen LogP contribution >= 0.6 is 11.6 Å². The lowest BCUT2D eigenvalue weighted by atomic mass is 9.98. The molecule has 34 heavy (non-hydrogen) atoms. The first-order valence-electron chi connectivity index (χ1n) is 10.8. The molecule has 0 fully saturated rings. The van der Waals surface area contributed by atoms with Gasteiger partial charge < -0.3 is 20.1 Å². The summed E-state index contributed by atoms with van der Waals surface area (Å²) in [4.78, 5) is 22.7. The summed E-state index contributed by atoms with van der Waals surface area (Å²) in [7, 11) is 0. The molecule has 1 aromatic carbocycles. The van der Waals surface area contributed by atoms with Gasteiger partial charge >= 0.3 is 6.09 Å². The molecule has 3 heterocycles. The number of carbonyl (C=O) groups excluding carboxylic acids is 1. The second kappa shape index (κ2) is 8.65. The fourth-order valence-corrected chi connectivity index (χ4v) is 4.31. The van der Waals surface area contributed by atoms with Crippen molar-refractivity contribution in [3.05, 3.63) is 39.8 Å². The summed E-state index contributed by atoms with van der Waals surface area (Å²) in [5.74, 6) is 0.852. The largest absolute Gasteiger partial charge is 0.491 e. The Morgan fingerprint density at radius 3 is 2.79 bits per heavy atom. The third kappa shape index (κ3) is 4.19. The summed E-state index contributed by atoms with van der Waals surface area (Å²) in [6, 6.07) is 3.50. The van der Waals surface area contributed by atoms with E-state index in [9.17, 15) is 10.1 Å². The first-order valence-corrected chi connectivity index (χ1v) is 11.2. The Morgan fingerprint density at radius 2 is 2.12 bits per heavy atom. The van der Waals surface area contributed by atoms with Gasteiger partial charge in [0.2, 0.25) is 0 Å². The molecule has 11 heteroatoms. The van der Waals surface area contributed by atoms with Gasteiger partial charge in [0.05, 0.1) is 40.8 Å². The normalized spacial score (nSPS) is 14.7. The lowest BCUT2D eigenvalue weighted by molar-refractivity contribution is 0.0225. The van der Waals surface area contributed by atoms with Gasteiger partial charge in [0, 0.05) is 11.1 Å². The predicted octanol–water partition coefficient (Wildman–Crippen LogP) is 3.98. The van der Waals surface area contributed by atoms with Crippen LogP contribution in [0.5, 0.6) is 5.75 Å². The summed E-state index contributed by atoms with van der Waals surface area (Å²) in [6.07, 6.45) is 0.909. The number of carbonyl (C=O) groups is 1. The number of halogens is 1. The van der Waals surface area contributed by atoms with Crippen molar-refractivity contribution in [2.24, 2.45) is 0 Å². The highest BCUT2D eigenvalue weighted by atomic mass is 35.5. The van der Waals surface area contributed by atoms with Crippen molar-refractivity contribution in [1.29, 1.82) is 5.26 Å². The fraction of sp³-hybridized carbons (Fsp3) is 0.435. The molecule has 1 atom stereocenters. The van der Waals surface area contributed by atoms with E-state index in [1.807, 2.05) is 13.8 Å². The number of aromatic nitrogens is 4. The van der Waals surface area contributed by atoms with Crippen molar-refractivity contribution >= 4 is 34.5 Å². The van der Waals surface area contributed by atoms with Gasteiger partial charge in [-0.15, -0.1) is 0 Å². The van der Waals surface area contributed by atoms with E-state index in [4.69, 9.17) is 26.8 Å². The molecule has 0 aliphatic carbocycles. The van der Waals surface area contributed by atoms with Gasteiger partial charge in [0.25, 0.3) is 0 Å². The van der Waals surface area contributed by atoms with Gasteiger partial charge in [-0.05, 0) is 40.7 Å². The highest BCUT2D eigenvalue weighted by molar-refractivity contribution is 6.32. The third-order valence-corrected chi connectivity index (χ3v) is 5.89. The van der Waals surface area contributed by atoms with Crippen molar-refractivity contribution in [2.45, 2.75) is 52.8 Å². The molecule has 178 valence electrons. The Morgan fingerprint density at radius 1 is 1.38 bits per heavy atom. The van der Waals surface area contributed by atoms with E-state index < -0.39 is 11.7 Å². The number of nitrogens with zero attached hydrogens (tertiary/aromatic N) is 6. The number of nitrogen functional groups attached to an aromatic ring is 1. The topological polar surface area (TPSA) is 132 Å². The molecule has 1 unspecified atom stereocenters. The molecular formula is C23H26ClN7O3. The second-order valence-electron chi connectivity index (χ2n) is 9.16. The minimum absolute atomic E-state index is 0.126. The fourth-order valence-electron chi connectivity index (χ4n) is 4.04. The van der Waals surface area contributed by atoms with Gasteiger partial charge in [0.15, 0.2) is 5.65 Å².